The van der Waals surface area contributed by atoms with Crippen molar-refractivity contribution >= 4 is 13.1 Å². The Balaban J connectivity index is 3.80. The molecular weight excluding hydrogens is 199 g/mol. The molecular formula is C10H21O3P. The van der Waals surface area contributed by atoms with Gasteiger partial charge in [0.1, 0.15) is 0 Å². The number of ether oxygens (including phenoxy) is 1. The average Bonchev–Trinajstić information content (AvgIpc) is 2.23. The largest absolute Gasteiger partial charge is 0.466 e. The third kappa shape index (κ3) is 5.43. The van der Waals surface area contributed by atoms with Gasteiger partial charge in [-0.3, -0.25) is 4.79 Å². The Kier molecular flexibility index (Phi) is 6.90. The Hall–Kier alpha value is -0.300. The molecule has 0 amide bonds. The molecule has 0 aromatic carbocycles. The molecule has 0 heterocycles. The van der Waals surface area contributed by atoms with Crippen LogP contribution in [0.3, 0.4) is 0 Å². The lowest BCUT2D eigenvalue weighted by Crippen LogP contribution is -2.08. The van der Waals surface area contributed by atoms with Gasteiger partial charge in [0.15, 0.2) is 0 Å². The zero-order valence-electron chi connectivity index (χ0n) is 9.41. The monoisotopic (exact) mass is 220 g/mol. The molecule has 0 saturated carbocycles. The number of carbonyl (C=O) groups excluding carboxylic acids is 1. The quantitative estimate of drug-likeness (QED) is 0.489. The molecule has 0 fully saturated rings. The van der Waals surface area contributed by atoms with E-state index in [9.17, 15) is 9.36 Å². The van der Waals surface area contributed by atoms with Crippen LogP contribution in [0.4, 0.5) is 0 Å². The predicted octanol–water partition coefficient (Wildman–Crippen LogP) is 2.73. The number of hydrogen-bond acceptors (Lipinski definition) is 3. The summed E-state index contributed by atoms with van der Waals surface area (Å²) in [4.78, 5) is 11.1. The summed E-state index contributed by atoms with van der Waals surface area (Å²) < 4.78 is 16.8. The van der Waals surface area contributed by atoms with Crippen LogP contribution in [0.5, 0.6) is 0 Å². The highest BCUT2D eigenvalue weighted by Crippen LogP contribution is 2.44. The summed E-state index contributed by atoms with van der Waals surface area (Å²) in [5, 5.41) is 0. The zero-order valence-corrected chi connectivity index (χ0v) is 10.3. The van der Waals surface area contributed by atoms with Gasteiger partial charge in [0.2, 0.25) is 0 Å². The summed E-state index contributed by atoms with van der Waals surface area (Å²) in [6.07, 6.45) is 3.02. The van der Waals surface area contributed by atoms with E-state index in [2.05, 4.69) is 0 Å². The molecule has 0 aliphatic heterocycles. The molecule has 0 bridgehead atoms. The first kappa shape index (κ1) is 13.7. The fourth-order valence-corrected chi connectivity index (χ4v) is 2.79. The minimum absolute atomic E-state index is 0.214. The molecule has 0 atom stereocenters. The van der Waals surface area contributed by atoms with E-state index in [4.69, 9.17) is 4.74 Å². The van der Waals surface area contributed by atoms with Gasteiger partial charge in [0.25, 0.3) is 0 Å². The number of esters is 1. The van der Waals surface area contributed by atoms with E-state index >= 15 is 0 Å². The standard InChI is InChI=1S/C10H21O3P/c1-4-8-13-10(11)7-9-14(12,5-2)6-3/h4-9H2,1-3H3. The molecule has 3 nitrogen and oxygen atoms in total. The van der Waals surface area contributed by atoms with Crippen molar-refractivity contribution in [1.82, 2.24) is 0 Å². The Morgan fingerprint density at radius 2 is 1.79 bits per heavy atom. The molecule has 0 aliphatic carbocycles. The molecule has 0 N–H and O–H groups in total. The second-order valence-corrected chi connectivity index (χ2v) is 7.21. The number of hydrogen-bond donors (Lipinski definition) is 0. The summed E-state index contributed by atoms with van der Waals surface area (Å²) in [7, 11) is -2.07. The molecule has 0 rings (SSSR count). The second kappa shape index (κ2) is 7.05. The van der Waals surface area contributed by atoms with E-state index < -0.39 is 7.14 Å². The van der Waals surface area contributed by atoms with Crippen molar-refractivity contribution in [1.29, 1.82) is 0 Å². The fraction of sp³-hybridized carbons (Fsp3) is 0.900. The summed E-state index contributed by atoms with van der Waals surface area (Å²) in [6.45, 7) is 6.26. The third-order valence-electron chi connectivity index (χ3n) is 2.34. The van der Waals surface area contributed by atoms with Gasteiger partial charge in [-0.1, -0.05) is 20.8 Å². The second-order valence-electron chi connectivity index (χ2n) is 3.38. The molecule has 0 aromatic rings. The first-order valence-electron chi connectivity index (χ1n) is 5.30. The van der Waals surface area contributed by atoms with Gasteiger partial charge in [-0.2, -0.15) is 0 Å². The van der Waals surface area contributed by atoms with Crippen LogP contribution in [0.2, 0.25) is 0 Å². The Labute approximate surface area is 86.6 Å². The first-order chi connectivity index (χ1) is 6.58. The number of carbonyl (C=O) groups is 1. The van der Waals surface area contributed by atoms with E-state index in [1.165, 1.54) is 0 Å². The van der Waals surface area contributed by atoms with Crippen LogP contribution >= 0.6 is 7.14 Å². The Bertz CT molecular complexity index is 205. The molecule has 0 unspecified atom stereocenters. The van der Waals surface area contributed by atoms with Crippen LogP contribution in [0.1, 0.15) is 33.6 Å². The van der Waals surface area contributed by atoms with Gasteiger partial charge in [-0.25, -0.2) is 0 Å². The maximum atomic E-state index is 11.9. The molecule has 84 valence electrons. The summed E-state index contributed by atoms with van der Waals surface area (Å²) >= 11 is 0. The van der Waals surface area contributed by atoms with E-state index in [0.717, 1.165) is 6.42 Å². The van der Waals surface area contributed by atoms with Gasteiger partial charge in [0.05, 0.1) is 20.2 Å². The maximum absolute atomic E-state index is 11.9. The summed E-state index contributed by atoms with van der Waals surface area (Å²) in [5.74, 6) is -0.214. The summed E-state index contributed by atoms with van der Waals surface area (Å²) in [6, 6.07) is 0. The van der Waals surface area contributed by atoms with Crippen molar-refractivity contribution in [2.45, 2.75) is 33.6 Å². The van der Waals surface area contributed by atoms with E-state index in [-0.39, 0.29) is 5.97 Å². The van der Waals surface area contributed by atoms with Gasteiger partial charge < -0.3 is 9.30 Å². The molecule has 14 heavy (non-hydrogen) atoms. The lowest BCUT2D eigenvalue weighted by atomic mass is 10.5. The van der Waals surface area contributed by atoms with Crippen molar-refractivity contribution in [3.05, 3.63) is 0 Å². The van der Waals surface area contributed by atoms with E-state index in [1.54, 1.807) is 0 Å². The highest BCUT2D eigenvalue weighted by molar-refractivity contribution is 7.63. The van der Waals surface area contributed by atoms with E-state index in [1.807, 2.05) is 20.8 Å². The Morgan fingerprint density at radius 1 is 1.21 bits per heavy atom. The Morgan fingerprint density at radius 3 is 2.21 bits per heavy atom. The molecule has 0 aromatic heterocycles. The normalized spacial score (nSPS) is 11.4. The fourth-order valence-electron chi connectivity index (χ4n) is 1.12. The van der Waals surface area contributed by atoms with Crippen LogP contribution in [0, 0.1) is 0 Å². The third-order valence-corrected chi connectivity index (χ3v) is 5.69. The van der Waals surface area contributed by atoms with Crippen LogP contribution in [-0.2, 0) is 14.1 Å². The molecule has 0 saturated heterocycles. The van der Waals surface area contributed by atoms with Crippen molar-refractivity contribution in [2.75, 3.05) is 25.1 Å². The zero-order chi connectivity index (χ0) is 11.0. The minimum atomic E-state index is -2.07. The topological polar surface area (TPSA) is 43.4 Å². The van der Waals surface area contributed by atoms with Crippen molar-refractivity contribution < 1.29 is 14.1 Å². The first-order valence-corrected chi connectivity index (χ1v) is 7.57. The highest BCUT2D eigenvalue weighted by atomic mass is 31.2. The van der Waals surface area contributed by atoms with Crippen LogP contribution < -0.4 is 0 Å². The highest BCUT2D eigenvalue weighted by Gasteiger charge is 2.18. The average molecular weight is 220 g/mol. The van der Waals surface area contributed by atoms with Gasteiger partial charge >= 0.3 is 5.97 Å². The molecule has 0 aliphatic rings. The molecule has 0 spiro atoms. The lowest BCUT2D eigenvalue weighted by Gasteiger charge is -2.12. The SMILES string of the molecule is CCCOC(=O)CCP(=O)(CC)CC. The van der Waals surface area contributed by atoms with Crippen LogP contribution in [-0.4, -0.2) is 31.1 Å². The molecule has 0 radical (unpaired) electrons. The summed E-state index contributed by atoms with van der Waals surface area (Å²) in [5.41, 5.74) is 0. The minimum Gasteiger partial charge on any atom is -0.466 e. The van der Waals surface area contributed by atoms with Crippen LogP contribution in [0.25, 0.3) is 0 Å². The van der Waals surface area contributed by atoms with Crippen molar-refractivity contribution in [2.24, 2.45) is 0 Å². The van der Waals surface area contributed by atoms with E-state index in [0.29, 0.717) is 31.5 Å². The van der Waals surface area contributed by atoms with Gasteiger partial charge in [-0.15, -0.1) is 0 Å². The van der Waals surface area contributed by atoms with Crippen LogP contribution in [0.15, 0.2) is 0 Å². The number of rotatable bonds is 7. The van der Waals surface area contributed by atoms with Crippen molar-refractivity contribution in [3.8, 4) is 0 Å². The smallest absolute Gasteiger partial charge is 0.306 e. The molecule has 4 heteroatoms. The maximum Gasteiger partial charge on any atom is 0.306 e. The lowest BCUT2D eigenvalue weighted by molar-refractivity contribution is -0.143. The van der Waals surface area contributed by atoms with Crippen molar-refractivity contribution in [3.63, 3.8) is 0 Å². The van der Waals surface area contributed by atoms with Gasteiger partial charge in [0, 0.05) is 6.16 Å². The van der Waals surface area contributed by atoms with Gasteiger partial charge in [-0.05, 0) is 18.7 Å². The predicted molar refractivity (Wildman–Crippen MR) is 59.4 cm³/mol.